The standard InChI is InChI=1S/C9H8F3NO2/c1-15-13-8(14)6-4-2-3-5-7(6)9(10,11)12/h2-5H,1H3,(H,13,14). The number of hydrogen-bond donors (Lipinski definition) is 1. The lowest BCUT2D eigenvalue weighted by molar-refractivity contribution is -0.138. The van der Waals surface area contributed by atoms with Crippen LogP contribution in [0.15, 0.2) is 24.3 Å². The number of carbonyl (C=O) groups excluding carboxylic acids is 1. The van der Waals surface area contributed by atoms with Gasteiger partial charge in [0.05, 0.1) is 18.2 Å². The minimum atomic E-state index is -4.55. The fourth-order valence-corrected chi connectivity index (χ4v) is 1.08. The smallest absolute Gasteiger partial charge is 0.277 e. The number of hydroxylamine groups is 1. The average Bonchev–Trinajstić information content (AvgIpc) is 2.17. The molecule has 0 aliphatic heterocycles. The van der Waals surface area contributed by atoms with Gasteiger partial charge < -0.3 is 0 Å². The molecule has 0 saturated carbocycles. The van der Waals surface area contributed by atoms with Gasteiger partial charge in [-0.1, -0.05) is 12.1 Å². The van der Waals surface area contributed by atoms with E-state index in [0.29, 0.717) is 0 Å². The highest BCUT2D eigenvalue weighted by molar-refractivity contribution is 5.95. The molecule has 1 N–H and O–H groups in total. The summed E-state index contributed by atoms with van der Waals surface area (Å²) in [4.78, 5) is 15.4. The number of benzene rings is 1. The van der Waals surface area contributed by atoms with Crippen molar-refractivity contribution in [3.63, 3.8) is 0 Å². The third-order valence-corrected chi connectivity index (χ3v) is 1.67. The van der Waals surface area contributed by atoms with Gasteiger partial charge in [0.15, 0.2) is 0 Å². The van der Waals surface area contributed by atoms with Crippen LogP contribution in [0.5, 0.6) is 0 Å². The molecule has 0 saturated heterocycles. The first kappa shape index (κ1) is 11.5. The topological polar surface area (TPSA) is 38.3 Å². The molecule has 3 nitrogen and oxygen atoms in total. The van der Waals surface area contributed by atoms with Crippen molar-refractivity contribution in [3.8, 4) is 0 Å². The van der Waals surface area contributed by atoms with Crippen LogP contribution in [0.3, 0.4) is 0 Å². The second kappa shape index (κ2) is 4.31. The van der Waals surface area contributed by atoms with Gasteiger partial charge in [0.25, 0.3) is 5.91 Å². The number of amides is 1. The molecule has 0 bridgehead atoms. The summed E-state index contributed by atoms with van der Waals surface area (Å²) >= 11 is 0. The summed E-state index contributed by atoms with van der Waals surface area (Å²) in [5.41, 5.74) is 0.383. The Labute approximate surface area is 83.8 Å². The highest BCUT2D eigenvalue weighted by Crippen LogP contribution is 2.31. The van der Waals surface area contributed by atoms with E-state index in [2.05, 4.69) is 4.84 Å². The monoisotopic (exact) mass is 219 g/mol. The van der Waals surface area contributed by atoms with Gasteiger partial charge in [0.1, 0.15) is 0 Å². The highest BCUT2D eigenvalue weighted by atomic mass is 19.4. The SMILES string of the molecule is CONC(=O)c1ccccc1C(F)(F)F. The maximum Gasteiger partial charge on any atom is 0.417 e. The van der Waals surface area contributed by atoms with Gasteiger partial charge in [0, 0.05) is 0 Å². The molecule has 0 unspecified atom stereocenters. The molecule has 82 valence electrons. The Kier molecular flexibility index (Phi) is 3.31. The Bertz CT molecular complexity index is 363. The lowest BCUT2D eigenvalue weighted by Gasteiger charge is -2.11. The predicted octanol–water partition coefficient (Wildman–Crippen LogP) is 2.00. The van der Waals surface area contributed by atoms with Crippen molar-refractivity contribution < 1.29 is 22.8 Å². The fourth-order valence-electron chi connectivity index (χ4n) is 1.08. The van der Waals surface area contributed by atoms with E-state index < -0.39 is 23.2 Å². The molecule has 1 aromatic rings. The molecule has 0 atom stereocenters. The van der Waals surface area contributed by atoms with E-state index in [1.807, 2.05) is 5.48 Å². The third kappa shape index (κ3) is 2.69. The quantitative estimate of drug-likeness (QED) is 0.772. The Balaban J connectivity index is 3.12. The average molecular weight is 219 g/mol. The lowest BCUT2D eigenvalue weighted by Crippen LogP contribution is -2.25. The van der Waals surface area contributed by atoms with Crippen molar-refractivity contribution in [1.82, 2.24) is 5.48 Å². The Morgan fingerprint density at radius 2 is 1.93 bits per heavy atom. The minimum Gasteiger partial charge on any atom is -0.277 e. The maximum atomic E-state index is 12.4. The summed E-state index contributed by atoms with van der Waals surface area (Å²) in [7, 11) is 1.15. The van der Waals surface area contributed by atoms with Crippen LogP contribution in [-0.2, 0) is 11.0 Å². The van der Waals surface area contributed by atoms with E-state index in [4.69, 9.17) is 0 Å². The summed E-state index contributed by atoms with van der Waals surface area (Å²) in [6.45, 7) is 0. The molecule has 1 amide bonds. The molecular weight excluding hydrogens is 211 g/mol. The summed E-state index contributed by atoms with van der Waals surface area (Å²) in [5.74, 6) is -0.926. The summed E-state index contributed by atoms with van der Waals surface area (Å²) in [6.07, 6.45) is -4.55. The fraction of sp³-hybridized carbons (Fsp3) is 0.222. The highest BCUT2D eigenvalue weighted by Gasteiger charge is 2.34. The minimum absolute atomic E-state index is 0.466. The zero-order chi connectivity index (χ0) is 11.5. The number of carbonyl (C=O) groups is 1. The van der Waals surface area contributed by atoms with E-state index in [1.165, 1.54) is 12.1 Å². The molecule has 0 aliphatic rings. The molecule has 6 heteroatoms. The lowest BCUT2D eigenvalue weighted by atomic mass is 10.1. The van der Waals surface area contributed by atoms with Gasteiger partial charge in [-0.3, -0.25) is 9.63 Å². The normalized spacial score (nSPS) is 11.2. The number of alkyl halides is 3. The van der Waals surface area contributed by atoms with Crippen LogP contribution in [0.4, 0.5) is 13.2 Å². The zero-order valence-corrected chi connectivity index (χ0v) is 7.76. The van der Waals surface area contributed by atoms with E-state index in [9.17, 15) is 18.0 Å². The van der Waals surface area contributed by atoms with Crippen molar-refractivity contribution in [2.24, 2.45) is 0 Å². The van der Waals surface area contributed by atoms with Crippen LogP contribution in [-0.4, -0.2) is 13.0 Å². The maximum absolute atomic E-state index is 12.4. The molecule has 1 rings (SSSR count). The Morgan fingerprint density at radius 3 is 2.47 bits per heavy atom. The van der Waals surface area contributed by atoms with E-state index in [0.717, 1.165) is 19.2 Å². The number of hydrogen-bond acceptors (Lipinski definition) is 2. The van der Waals surface area contributed by atoms with Crippen molar-refractivity contribution in [3.05, 3.63) is 35.4 Å². The van der Waals surface area contributed by atoms with Crippen LogP contribution >= 0.6 is 0 Å². The van der Waals surface area contributed by atoms with Gasteiger partial charge in [-0.15, -0.1) is 0 Å². The number of rotatable bonds is 2. The van der Waals surface area contributed by atoms with Crippen LogP contribution < -0.4 is 5.48 Å². The van der Waals surface area contributed by atoms with Gasteiger partial charge in [-0.05, 0) is 12.1 Å². The van der Waals surface area contributed by atoms with Gasteiger partial charge >= 0.3 is 6.18 Å². The van der Waals surface area contributed by atoms with E-state index in [1.54, 1.807) is 0 Å². The van der Waals surface area contributed by atoms with Crippen molar-refractivity contribution >= 4 is 5.91 Å². The Morgan fingerprint density at radius 1 is 1.33 bits per heavy atom. The van der Waals surface area contributed by atoms with Crippen LogP contribution in [0.1, 0.15) is 15.9 Å². The summed E-state index contributed by atoms with van der Waals surface area (Å²) < 4.78 is 37.3. The largest absolute Gasteiger partial charge is 0.417 e. The van der Waals surface area contributed by atoms with E-state index in [-0.39, 0.29) is 0 Å². The predicted molar refractivity (Wildman–Crippen MR) is 45.9 cm³/mol. The molecule has 15 heavy (non-hydrogen) atoms. The second-order valence-electron chi connectivity index (χ2n) is 2.68. The van der Waals surface area contributed by atoms with Crippen LogP contribution in [0.25, 0.3) is 0 Å². The van der Waals surface area contributed by atoms with E-state index >= 15 is 0 Å². The molecule has 0 spiro atoms. The molecular formula is C9H8F3NO2. The van der Waals surface area contributed by atoms with Gasteiger partial charge in [-0.25, -0.2) is 5.48 Å². The van der Waals surface area contributed by atoms with Gasteiger partial charge in [-0.2, -0.15) is 13.2 Å². The van der Waals surface area contributed by atoms with Crippen molar-refractivity contribution in [2.45, 2.75) is 6.18 Å². The first-order chi connectivity index (χ1) is 6.96. The van der Waals surface area contributed by atoms with Crippen molar-refractivity contribution in [1.29, 1.82) is 0 Å². The second-order valence-corrected chi connectivity index (χ2v) is 2.68. The first-order valence-corrected chi connectivity index (χ1v) is 3.96. The molecule has 0 radical (unpaired) electrons. The first-order valence-electron chi connectivity index (χ1n) is 3.96. The molecule has 1 aromatic carbocycles. The zero-order valence-electron chi connectivity index (χ0n) is 7.76. The third-order valence-electron chi connectivity index (χ3n) is 1.67. The molecule has 0 fully saturated rings. The van der Waals surface area contributed by atoms with Crippen molar-refractivity contribution in [2.75, 3.05) is 7.11 Å². The van der Waals surface area contributed by atoms with Crippen LogP contribution in [0, 0.1) is 0 Å². The van der Waals surface area contributed by atoms with Crippen LogP contribution in [0.2, 0.25) is 0 Å². The van der Waals surface area contributed by atoms with Gasteiger partial charge in [0.2, 0.25) is 0 Å². The summed E-state index contributed by atoms with van der Waals surface area (Å²) in [5, 5.41) is 0. The molecule has 0 aliphatic carbocycles. The molecule has 0 heterocycles. The number of halogens is 3. The summed E-state index contributed by atoms with van der Waals surface area (Å²) in [6, 6.07) is 4.48. The number of nitrogens with one attached hydrogen (secondary N) is 1. The Hall–Kier alpha value is -1.56. The molecule has 0 aromatic heterocycles.